The molecule has 11 nitrogen and oxygen atoms in total. The molecule has 0 aliphatic carbocycles. The van der Waals surface area contributed by atoms with Crippen molar-refractivity contribution in [3.05, 3.63) is 125 Å². The maximum atomic E-state index is 14.1. The minimum Gasteiger partial charge on any atom is -0.464 e. The fourth-order valence-electron chi connectivity index (χ4n) is 4.95. The highest BCUT2D eigenvalue weighted by atomic mass is 16.6. The van der Waals surface area contributed by atoms with Crippen LogP contribution in [0, 0.1) is 0 Å². The average Bonchev–Trinajstić information content (AvgIpc) is 3.62. The summed E-state index contributed by atoms with van der Waals surface area (Å²) < 4.78 is 16.1. The summed E-state index contributed by atoms with van der Waals surface area (Å²) in [5, 5.41) is 24.7. The predicted octanol–water partition coefficient (Wildman–Crippen LogP) is 2.72. The van der Waals surface area contributed by atoms with Crippen molar-refractivity contribution in [3.63, 3.8) is 0 Å². The number of ketones is 2. The Morgan fingerprint density at radius 3 is 1.81 bits per heavy atom. The van der Waals surface area contributed by atoms with E-state index in [1.807, 2.05) is 0 Å². The molecule has 1 unspecified atom stereocenters. The molecule has 3 aromatic carbocycles. The second-order valence-corrected chi connectivity index (χ2v) is 9.57. The molecule has 1 saturated heterocycles. The molecule has 214 valence electrons. The van der Waals surface area contributed by atoms with E-state index in [4.69, 9.17) is 14.2 Å². The number of Topliss-reactive ketones (excluding diaryl/α,β-unsaturated/α-hetero) is 2. The zero-order valence-corrected chi connectivity index (χ0v) is 22.3. The number of methoxy groups -OCH3 is 1. The molecular formula is C31H26N2O9. The quantitative estimate of drug-likeness (QED) is 0.201. The van der Waals surface area contributed by atoms with E-state index in [2.05, 4.69) is 9.97 Å². The van der Waals surface area contributed by atoms with Gasteiger partial charge in [-0.15, -0.1) is 0 Å². The Hall–Kier alpha value is -4.97. The largest absolute Gasteiger partial charge is 0.464 e. The standard InChI is InChI=1S/C31H26N2O9/c1-40-29(37)22-17-32-27(33-22)26-31(39,25(35)20-13-7-3-8-14-20)30(38,24(34)19-11-5-2-6-12-19)23(42-26)18-41-28(36)21-15-9-4-10-16-21/h2-17,23,26,38-39H,18H2,1H3,(H,32,33)/t23-,26?,30+,31+/m0/s1. The first-order valence-electron chi connectivity index (χ1n) is 12.9. The van der Waals surface area contributed by atoms with E-state index in [9.17, 15) is 29.4 Å². The number of aromatic nitrogens is 2. The van der Waals surface area contributed by atoms with Gasteiger partial charge in [0.25, 0.3) is 0 Å². The van der Waals surface area contributed by atoms with E-state index in [1.165, 1.54) is 36.4 Å². The second-order valence-electron chi connectivity index (χ2n) is 9.57. The lowest BCUT2D eigenvalue weighted by Crippen LogP contribution is -2.66. The number of carbonyl (C=O) groups excluding carboxylic acids is 4. The third-order valence-corrected chi connectivity index (χ3v) is 7.12. The van der Waals surface area contributed by atoms with Crippen molar-refractivity contribution in [2.45, 2.75) is 23.4 Å². The zero-order valence-electron chi connectivity index (χ0n) is 22.3. The van der Waals surface area contributed by atoms with Gasteiger partial charge in [0.05, 0.1) is 18.9 Å². The van der Waals surface area contributed by atoms with Crippen molar-refractivity contribution in [3.8, 4) is 0 Å². The Kier molecular flexibility index (Phi) is 7.81. The molecule has 4 atom stereocenters. The van der Waals surface area contributed by atoms with Gasteiger partial charge >= 0.3 is 11.9 Å². The van der Waals surface area contributed by atoms with Gasteiger partial charge in [-0.25, -0.2) is 14.6 Å². The molecule has 0 amide bonds. The maximum Gasteiger partial charge on any atom is 0.356 e. The fourth-order valence-corrected chi connectivity index (χ4v) is 4.95. The molecule has 5 rings (SSSR count). The molecule has 1 aromatic heterocycles. The van der Waals surface area contributed by atoms with Gasteiger partial charge < -0.3 is 29.4 Å². The minimum absolute atomic E-state index is 0.0439. The number of aliphatic hydroxyl groups is 2. The summed E-state index contributed by atoms with van der Waals surface area (Å²) in [7, 11) is 1.15. The van der Waals surface area contributed by atoms with E-state index >= 15 is 0 Å². The first-order valence-corrected chi connectivity index (χ1v) is 12.9. The second kappa shape index (κ2) is 11.5. The highest BCUT2D eigenvalue weighted by Gasteiger charge is 2.74. The molecule has 42 heavy (non-hydrogen) atoms. The number of hydrogen-bond acceptors (Lipinski definition) is 10. The number of nitrogens with zero attached hydrogens (tertiary/aromatic N) is 1. The van der Waals surface area contributed by atoms with E-state index in [1.54, 1.807) is 54.6 Å². The van der Waals surface area contributed by atoms with Crippen LogP contribution in [0.15, 0.2) is 97.2 Å². The molecule has 0 saturated carbocycles. The van der Waals surface area contributed by atoms with Crippen LogP contribution >= 0.6 is 0 Å². The SMILES string of the molecule is COC(=O)c1cnc(C2O[C@@H](COC(=O)c3ccccc3)[C@@](O)(C(=O)c3ccccc3)[C@@]2(O)C(=O)c2ccccc2)[nH]1. The van der Waals surface area contributed by atoms with Gasteiger partial charge in [0.15, 0.2) is 17.3 Å². The van der Waals surface area contributed by atoms with E-state index in [0.717, 1.165) is 13.3 Å². The normalized spacial score (nSPS) is 23.2. The van der Waals surface area contributed by atoms with Gasteiger partial charge in [-0.3, -0.25) is 9.59 Å². The number of ether oxygens (including phenoxy) is 3. The summed E-state index contributed by atoms with van der Waals surface area (Å²) >= 11 is 0. The average molecular weight is 571 g/mol. The lowest BCUT2D eigenvalue weighted by atomic mass is 9.69. The Balaban J connectivity index is 1.65. The number of carbonyl (C=O) groups is 4. The summed E-state index contributed by atoms with van der Waals surface area (Å²) in [6.07, 6.45) is -2.48. The molecular weight excluding hydrogens is 544 g/mol. The number of aromatic amines is 1. The number of hydrogen-bond donors (Lipinski definition) is 3. The number of rotatable bonds is 9. The lowest BCUT2D eigenvalue weighted by molar-refractivity contribution is -0.0986. The number of imidazole rings is 1. The van der Waals surface area contributed by atoms with Crippen LogP contribution in [-0.2, 0) is 14.2 Å². The van der Waals surface area contributed by atoms with Crippen molar-refractivity contribution in [1.29, 1.82) is 0 Å². The first kappa shape index (κ1) is 28.6. The van der Waals surface area contributed by atoms with E-state index in [0.29, 0.717) is 0 Å². The molecule has 1 aliphatic rings. The van der Waals surface area contributed by atoms with Crippen molar-refractivity contribution < 1.29 is 43.6 Å². The van der Waals surface area contributed by atoms with Crippen LogP contribution in [0.3, 0.4) is 0 Å². The highest BCUT2D eigenvalue weighted by Crippen LogP contribution is 2.50. The number of nitrogens with one attached hydrogen (secondary N) is 1. The molecule has 4 aromatic rings. The maximum absolute atomic E-state index is 14.1. The lowest BCUT2D eigenvalue weighted by Gasteiger charge is -2.38. The summed E-state index contributed by atoms with van der Waals surface area (Å²) in [4.78, 5) is 59.9. The zero-order chi connectivity index (χ0) is 29.9. The summed E-state index contributed by atoms with van der Waals surface area (Å²) in [5.74, 6) is -3.96. The van der Waals surface area contributed by atoms with E-state index < -0.39 is 53.5 Å². The van der Waals surface area contributed by atoms with Gasteiger partial charge in [0.1, 0.15) is 24.2 Å². The van der Waals surface area contributed by atoms with Crippen LogP contribution in [0.5, 0.6) is 0 Å². The summed E-state index contributed by atoms with van der Waals surface area (Å²) in [6, 6.07) is 23.0. The van der Waals surface area contributed by atoms with Crippen LogP contribution in [0.25, 0.3) is 0 Å². The number of esters is 2. The molecule has 0 spiro atoms. The van der Waals surface area contributed by atoms with Crippen molar-refractivity contribution >= 4 is 23.5 Å². The topological polar surface area (TPSA) is 165 Å². The molecule has 1 fully saturated rings. The highest BCUT2D eigenvalue weighted by molar-refractivity contribution is 6.13. The number of benzene rings is 3. The van der Waals surface area contributed by atoms with Gasteiger partial charge in [-0.2, -0.15) is 0 Å². The fraction of sp³-hybridized carbons (Fsp3) is 0.194. The van der Waals surface area contributed by atoms with Crippen LogP contribution in [0.1, 0.15) is 53.5 Å². The predicted molar refractivity (Wildman–Crippen MR) is 146 cm³/mol. The van der Waals surface area contributed by atoms with Gasteiger partial charge in [-0.1, -0.05) is 78.9 Å². The van der Waals surface area contributed by atoms with Crippen LogP contribution in [0.2, 0.25) is 0 Å². The first-order chi connectivity index (χ1) is 20.2. The molecule has 1 aliphatic heterocycles. The third-order valence-electron chi connectivity index (χ3n) is 7.12. The molecule has 2 heterocycles. The van der Waals surface area contributed by atoms with Gasteiger partial charge in [-0.05, 0) is 12.1 Å². The Morgan fingerprint density at radius 1 is 0.786 bits per heavy atom. The van der Waals surface area contributed by atoms with Crippen molar-refractivity contribution in [1.82, 2.24) is 9.97 Å². The molecule has 0 radical (unpaired) electrons. The van der Waals surface area contributed by atoms with E-state index in [-0.39, 0.29) is 28.2 Å². The Labute approximate surface area is 239 Å². The summed E-state index contributed by atoms with van der Waals surface area (Å²) in [6.45, 7) is -0.728. The molecule has 11 heteroatoms. The third kappa shape index (κ3) is 4.79. The molecule has 3 N–H and O–H groups in total. The smallest absolute Gasteiger partial charge is 0.356 e. The monoisotopic (exact) mass is 570 g/mol. The van der Waals surface area contributed by atoms with Gasteiger partial charge in [0.2, 0.25) is 11.6 Å². The van der Waals surface area contributed by atoms with Gasteiger partial charge in [0, 0.05) is 11.1 Å². The number of H-pyrrole nitrogens is 1. The van der Waals surface area contributed by atoms with Crippen LogP contribution in [0.4, 0.5) is 0 Å². The Morgan fingerprint density at radius 2 is 1.29 bits per heavy atom. The van der Waals surface area contributed by atoms with Crippen molar-refractivity contribution in [2.75, 3.05) is 13.7 Å². The minimum atomic E-state index is -3.02. The molecule has 0 bridgehead atoms. The van der Waals surface area contributed by atoms with Crippen molar-refractivity contribution in [2.24, 2.45) is 0 Å². The summed E-state index contributed by atoms with van der Waals surface area (Å²) in [5.41, 5.74) is -6.05. The van der Waals surface area contributed by atoms with Crippen LogP contribution < -0.4 is 0 Å². The van der Waals surface area contributed by atoms with Crippen LogP contribution in [-0.4, -0.2) is 74.7 Å². The Bertz CT molecular complexity index is 1610.